The molecule has 0 aliphatic heterocycles. The highest BCUT2D eigenvalue weighted by atomic mass is 35.5. The minimum atomic E-state index is 0.520. The number of halogens is 1. The van der Waals surface area contributed by atoms with Gasteiger partial charge in [-0.25, -0.2) is 4.98 Å². The second-order valence-electron chi connectivity index (χ2n) is 1.79. The number of imidazole rings is 1. The van der Waals surface area contributed by atoms with Crippen molar-refractivity contribution in [1.82, 2.24) is 20.2 Å². The van der Waals surface area contributed by atoms with E-state index in [1.54, 1.807) is 0 Å². The standard InChI is InChI=1S/C5H3ClN4/c6-3-1-9-10-5-4(3)7-2-8-5/h1-2H,(H,7,8,10). The summed E-state index contributed by atoms with van der Waals surface area (Å²) >= 11 is 5.71. The molecule has 10 heavy (non-hydrogen) atoms. The van der Waals surface area contributed by atoms with Crippen LogP contribution in [0.25, 0.3) is 11.2 Å². The fourth-order valence-corrected chi connectivity index (χ4v) is 0.919. The smallest absolute Gasteiger partial charge is 0.181 e. The molecule has 0 saturated heterocycles. The molecule has 0 aliphatic rings. The van der Waals surface area contributed by atoms with Gasteiger partial charge in [0, 0.05) is 0 Å². The van der Waals surface area contributed by atoms with Crippen LogP contribution in [-0.4, -0.2) is 20.2 Å². The van der Waals surface area contributed by atoms with E-state index in [1.807, 2.05) is 0 Å². The molecule has 0 bridgehead atoms. The lowest BCUT2D eigenvalue weighted by Gasteiger charge is -1.86. The van der Waals surface area contributed by atoms with Gasteiger partial charge in [0.05, 0.1) is 17.5 Å². The summed E-state index contributed by atoms with van der Waals surface area (Å²) in [4.78, 5) is 6.72. The van der Waals surface area contributed by atoms with Gasteiger partial charge in [0.15, 0.2) is 5.65 Å². The fraction of sp³-hybridized carbons (Fsp3) is 0. The summed E-state index contributed by atoms with van der Waals surface area (Å²) in [5.74, 6) is 0. The molecule has 0 fully saturated rings. The Labute approximate surface area is 61.3 Å². The molecule has 2 rings (SSSR count). The van der Waals surface area contributed by atoms with E-state index in [0.717, 1.165) is 0 Å². The average Bonchev–Trinajstić information content (AvgIpc) is 2.36. The van der Waals surface area contributed by atoms with E-state index in [2.05, 4.69) is 20.2 Å². The molecule has 2 aromatic rings. The third-order valence-electron chi connectivity index (χ3n) is 1.17. The van der Waals surface area contributed by atoms with Crippen molar-refractivity contribution in [3.63, 3.8) is 0 Å². The first-order chi connectivity index (χ1) is 4.88. The molecule has 0 aliphatic carbocycles. The summed E-state index contributed by atoms with van der Waals surface area (Å²) < 4.78 is 0. The van der Waals surface area contributed by atoms with Crippen LogP contribution < -0.4 is 0 Å². The molecule has 2 heterocycles. The summed E-state index contributed by atoms with van der Waals surface area (Å²) in [5.41, 5.74) is 1.28. The predicted molar refractivity (Wildman–Crippen MR) is 36.7 cm³/mol. The van der Waals surface area contributed by atoms with Crippen LogP contribution in [0.4, 0.5) is 0 Å². The van der Waals surface area contributed by atoms with Gasteiger partial charge in [-0.3, -0.25) is 0 Å². The number of H-pyrrole nitrogens is 1. The van der Waals surface area contributed by atoms with Crippen LogP contribution in [0.15, 0.2) is 12.5 Å². The maximum Gasteiger partial charge on any atom is 0.181 e. The highest BCUT2D eigenvalue weighted by Gasteiger charge is 2.00. The zero-order valence-corrected chi connectivity index (χ0v) is 5.63. The Kier molecular flexibility index (Phi) is 1.07. The molecule has 0 unspecified atom stereocenters. The maximum absolute atomic E-state index is 5.71. The Bertz CT molecular complexity index is 355. The van der Waals surface area contributed by atoms with Crippen LogP contribution in [0.5, 0.6) is 0 Å². The van der Waals surface area contributed by atoms with E-state index in [0.29, 0.717) is 16.2 Å². The van der Waals surface area contributed by atoms with E-state index < -0.39 is 0 Å². The number of aromatic nitrogens is 4. The van der Waals surface area contributed by atoms with E-state index in [-0.39, 0.29) is 0 Å². The number of aromatic amines is 1. The van der Waals surface area contributed by atoms with Gasteiger partial charge in [0.2, 0.25) is 0 Å². The minimum Gasteiger partial charge on any atom is -0.328 e. The Hall–Kier alpha value is -1.16. The van der Waals surface area contributed by atoms with E-state index >= 15 is 0 Å². The predicted octanol–water partition coefficient (Wildman–Crippen LogP) is 1.01. The van der Waals surface area contributed by atoms with E-state index in [9.17, 15) is 0 Å². The zero-order valence-electron chi connectivity index (χ0n) is 4.87. The largest absolute Gasteiger partial charge is 0.328 e. The molecule has 0 amide bonds. The van der Waals surface area contributed by atoms with E-state index in [1.165, 1.54) is 12.5 Å². The van der Waals surface area contributed by atoms with Crippen molar-refractivity contribution in [1.29, 1.82) is 0 Å². The minimum absolute atomic E-state index is 0.520. The van der Waals surface area contributed by atoms with E-state index in [4.69, 9.17) is 11.6 Å². The second kappa shape index (κ2) is 1.91. The van der Waals surface area contributed by atoms with Gasteiger partial charge in [-0.2, -0.15) is 5.10 Å². The number of nitrogens with zero attached hydrogens (tertiary/aromatic N) is 3. The summed E-state index contributed by atoms with van der Waals surface area (Å²) in [5, 5.41) is 7.90. The molecule has 0 saturated carbocycles. The first-order valence-electron chi connectivity index (χ1n) is 2.68. The Morgan fingerprint density at radius 3 is 3.20 bits per heavy atom. The number of hydrogen-bond acceptors (Lipinski definition) is 3. The summed E-state index contributed by atoms with van der Waals surface area (Å²) in [6.45, 7) is 0. The van der Waals surface area contributed by atoms with Gasteiger partial charge in [-0.15, -0.1) is 5.10 Å². The lowest BCUT2D eigenvalue weighted by Crippen LogP contribution is -1.81. The molecule has 0 aromatic carbocycles. The second-order valence-corrected chi connectivity index (χ2v) is 2.20. The lowest BCUT2D eigenvalue weighted by atomic mass is 10.5. The molecular formula is C5H3ClN4. The van der Waals surface area contributed by atoms with Crippen LogP contribution in [0.1, 0.15) is 0 Å². The van der Waals surface area contributed by atoms with Crippen LogP contribution in [0, 0.1) is 0 Å². The summed E-state index contributed by atoms with van der Waals surface area (Å²) in [7, 11) is 0. The SMILES string of the molecule is Clc1cnnc2[nH]cnc12. The highest BCUT2D eigenvalue weighted by Crippen LogP contribution is 2.14. The van der Waals surface area contributed by atoms with Gasteiger partial charge >= 0.3 is 0 Å². The van der Waals surface area contributed by atoms with Crippen molar-refractivity contribution in [2.75, 3.05) is 0 Å². The number of nitrogens with one attached hydrogen (secondary N) is 1. The molecule has 5 heteroatoms. The molecule has 0 spiro atoms. The zero-order chi connectivity index (χ0) is 6.97. The first kappa shape index (κ1) is 5.61. The molecule has 2 aromatic heterocycles. The molecule has 4 nitrogen and oxygen atoms in total. The fourth-order valence-electron chi connectivity index (χ4n) is 0.737. The third kappa shape index (κ3) is 0.657. The molecule has 50 valence electrons. The lowest BCUT2D eigenvalue weighted by molar-refractivity contribution is 1.06. The van der Waals surface area contributed by atoms with Crippen LogP contribution in [-0.2, 0) is 0 Å². The van der Waals surface area contributed by atoms with Crippen molar-refractivity contribution >= 4 is 22.8 Å². The topological polar surface area (TPSA) is 54.5 Å². The van der Waals surface area contributed by atoms with Crippen LogP contribution >= 0.6 is 11.6 Å². The molecule has 1 N–H and O–H groups in total. The quantitative estimate of drug-likeness (QED) is 0.616. The van der Waals surface area contributed by atoms with Crippen molar-refractivity contribution in [3.8, 4) is 0 Å². The van der Waals surface area contributed by atoms with Crippen molar-refractivity contribution in [2.45, 2.75) is 0 Å². The third-order valence-corrected chi connectivity index (χ3v) is 1.45. The molecule has 0 atom stereocenters. The number of fused-ring (bicyclic) bond motifs is 1. The Balaban J connectivity index is 2.95. The Morgan fingerprint density at radius 1 is 1.50 bits per heavy atom. The summed E-state index contributed by atoms with van der Waals surface area (Å²) in [6.07, 6.45) is 3.00. The van der Waals surface area contributed by atoms with Gasteiger partial charge in [-0.1, -0.05) is 11.6 Å². The average molecular weight is 155 g/mol. The van der Waals surface area contributed by atoms with Crippen molar-refractivity contribution in [3.05, 3.63) is 17.5 Å². The first-order valence-corrected chi connectivity index (χ1v) is 3.06. The number of hydrogen-bond donors (Lipinski definition) is 1. The molecular weight excluding hydrogens is 152 g/mol. The van der Waals surface area contributed by atoms with Gasteiger partial charge in [-0.05, 0) is 0 Å². The van der Waals surface area contributed by atoms with Gasteiger partial charge in [0.25, 0.3) is 0 Å². The highest BCUT2D eigenvalue weighted by molar-refractivity contribution is 6.34. The van der Waals surface area contributed by atoms with Gasteiger partial charge in [0.1, 0.15) is 5.52 Å². The monoisotopic (exact) mass is 154 g/mol. The maximum atomic E-state index is 5.71. The molecule has 0 radical (unpaired) electrons. The number of rotatable bonds is 0. The van der Waals surface area contributed by atoms with Crippen LogP contribution in [0.3, 0.4) is 0 Å². The van der Waals surface area contributed by atoms with Gasteiger partial charge < -0.3 is 4.98 Å². The van der Waals surface area contributed by atoms with Crippen LogP contribution in [0.2, 0.25) is 5.02 Å². The van der Waals surface area contributed by atoms with Crippen molar-refractivity contribution < 1.29 is 0 Å². The summed E-state index contributed by atoms with van der Waals surface area (Å²) in [6, 6.07) is 0. The Morgan fingerprint density at radius 2 is 2.40 bits per heavy atom. The van der Waals surface area contributed by atoms with Crippen molar-refractivity contribution in [2.24, 2.45) is 0 Å². The normalized spacial score (nSPS) is 10.5.